The van der Waals surface area contributed by atoms with Gasteiger partial charge in [0.15, 0.2) is 0 Å². The number of rotatable bonds is 3. The van der Waals surface area contributed by atoms with Crippen molar-refractivity contribution in [1.29, 1.82) is 5.26 Å². The topological polar surface area (TPSA) is 50.1 Å². The molecule has 6 heteroatoms. The van der Waals surface area contributed by atoms with Crippen molar-refractivity contribution in [1.82, 2.24) is 0 Å². The molecular weight excluding hydrogens is 319 g/mol. The van der Waals surface area contributed by atoms with Crippen LogP contribution in [0.4, 0.5) is 13.2 Å². The molecule has 0 amide bonds. The van der Waals surface area contributed by atoms with Gasteiger partial charge >= 0.3 is 6.18 Å². The van der Waals surface area contributed by atoms with E-state index < -0.39 is 11.7 Å². The van der Waals surface area contributed by atoms with E-state index in [0.717, 1.165) is 12.1 Å². The molecule has 3 nitrogen and oxygen atoms in total. The van der Waals surface area contributed by atoms with Gasteiger partial charge in [0.25, 0.3) is 0 Å². The lowest BCUT2D eigenvalue weighted by atomic mass is 10.1. The van der Waals surface area contributed by atoms with Crippen molar-refractivity contribution in [2.75, 3.05) is 0 Å². The maximum Gasteiger partial charge on any atom is 0.416 e. The van der Waals surface area contributed by atoms with Crippen LogP contribution in [0.5, 0.6) is 0 Å². The van der Waals surface area contributed by atoms with Gasteiger partial charge in [-0.05, 0) is 36.4 Å². The standard InChI is InChI=1S/C18H10F3NO2/c19-18(20,21)14-4-1-3-12(9-14)17-7-6-15(24-17)10-13(11-22)16-5-2-8-23-16/h1-10H/b13-10+. The van der Waals surface area contributed by atoms with Gasteiger partial charge in [0.1, 0.15) is 23.3 Å². The Labute approximate surface area is 135 Å². The van der Waals surface area contributed by atoms with E-state index in [1.165, 1.54) is 24.5 Å². The Morgan fingerprint density at radius 1 is 1.08 bits per heavy atom. The van der Waals surface area contributed by atoms with Crippen molar-refractivity contribution in [3.8, 4) is 17.4 Å². The molecule has 0 spiro atoms. The van der Waals surface area contributed by atoms with E-state index in [0.29, 0.717) is 17.1 Å². The van der Waals surface area contributed by atoms with Crippen LogP contribution in [0.25, 0.3) is 23.0 Å². The van der Waals surface area contributed by atoms with Crippen molar-refractivity contribution >= 4 is 11.6 Å². The molecule has 3 rings (SSSR count). The lowest BCUT2D eigenvalue weighted by Crippen LogP contribution is -2.04. The second kappa shape index (κ2) is 6.13. The van der Waals surface area contributed by atoms with Crippen LogP contribution in [0, 0.1) is 11.3 Å². The van der Waals surface area contributed by atoms with Crippen LogP contribution in [-0.2, 0) is 6.18 Å². The molecule has 0 fully saturated rings. The number of allylic oxidation sites excluding steroid dienone is 1. The summed E-state index contributed by atoms with van der Waals surface area (Å²) in [5.74, 6) is 1.01. The zero-order valence-electron chi connectivity index (χ0n) is 12.2. The molecule has 1 aromatic carbocycles. The maximum atomic E-state index is 12.8. The summed E-state index contributed by atoms with van der Waals surface area (Å²) >= 11 is 0. The molecule has 0 N–H and O–H groups in total. The van der Waals surface area contributed by atoms with Crippen molar-refractivity contribution in [2.45, 2.75) is 6.18 Å². The van der Waals surface area contributed by atoms with E-state index in [2.05, 4.69) is 0 Å². The Kier molecular flexibility index (Phi) is 4.00. The summed E-state index contributed by atoms with van der Waals surface area (Å²) in [7, 11) is 0. The molecule has 0 radical (unpaired) electrons. The summed E-state index contributed by atoms with van der Waals surface area (Å²) in [6.45, 7) is 0. The molecule has 120 valence electrons. The number of furan rings is 2. The minimum Gasteiger partial charge on any atom is -0.464 e. The highest BCUT2D eigenvalue weighted by atomic mass is 19.4. The first-order chi connectivity index (χ1) is 11.5. The molecule has 0 unspecified atom stereocenters. The van der Waals surface area contributed by atoms with Crippen LogP contribution < -0.4 is 0 Å². The number of hydrogen-bond donors (Lipinski definition) is 0. The lowest BCUT2D eigenvalue weighted by Gasteiger charge is -2.07. The number of nitrogens with zero attached hydrogens (tertiary/aromatic N) is 1. The number of benzene rings is 1. The highest BCUT2D eigenvalue weighted by molar-refractivity contribution is 5.86. The predicted octanol–water partition coefficient (Wildman–Crippen LogP) is 5.62. The molecule has 0 bridgehead atoms. The monoisotopic (exact) mass is 329 g/mol. The van der Waals surface area contributed by atoms with Crippen LogP contribution in [0.2, 0.25) is 0 Å². The summed E-state index contributed by atoms with van der Waals surface area (Å²) in [6, 6.07) is 13.3. The van der Waals surface area contributed by atoms with Crippen molar-refractivity contribution in [2.24, 2.45) is 0 Å². The Balaban J connectivity index is 1.93. The molecule has 0 saturated carbocycles. The van der Waals surface area contributed by atoms with Crippen LogP contribution in [-0.4, -0.2) is 0 Å². The average Bonchev–Trinajstić information content (AvgIpc) is 3.23. The Hall–Kier alpha value is -3.20. The minimum absolute atomic E-state index is 0.255. The summed E-state index contributed by atoms with van der Waals surface area (Å²) < 4.78 is 49.0. The van der Waals surface area contributed by atoms with Gasteiger partial charge in [-0.1, -0.05) is 12.1 Å². The zero-order valence-corrected chi connectivity index (χ0v) is 12.2. The van der Waals surface area contributed by atoms with Gasteiger partial charge < -0.3 is 8.83 Å². The van der Waals surface area contributed by atoms with Crippen molar-refractivity contribution < 1.29 is 22.0 Å². The van der Waals surface area contributed by atoms with Crippen LogP contribution >= 0.6 is 0 Å². The molecule has 0 aliphatic rings. The molecule has 0 aliphatic heterocycles. The largest absolute Gasteiger partial charge is 0.464 e. The summed E-state index contributed by atoms with van der Waals surface area (Å²) in [6.07, 6.45) is -1.51. The fraction of sp³-hybridized carbons (Fsp3) is 0.0556. The molecule has 2 heterocycles. The summed E-state index contributed by atoms with van der Waals surface area (Å²) in [4.78, 5) is 0. The second-order valence-electron chi connectivity index (χ2n) is 4.93. The summed E-state index contributed by atoms with van der Waals surface area (Å²) in [5.41, 5.74) is -0.187. The first kappa shape index (κ1) is 15.7. The normalized spacial score (nSPS) is 12.2. The molecule has 0 saturated heterocycles. The molecule has 0 aliphatic carbocycles. The van der Waals surface area contributed by atoms with E-state index in [4.69, 9.17) is 14.1 Å². The van der Waals surface area contributed by atoms with E-state index >= 15 is 0 Å². The van der Waals surface area contributed by atoms with E-state index in [9.17, 15) is 13.2 Å². The third-order valence-corrected chi connectivity index (χ3v) is 3.29. The van der Waals surface area contributed by atoms with Crippen LogP contribution in [0.1, 0.15) is 17.1 Å². The predicted molar refractivity (Wildman–Crippen MR) is 81.3 cm³/mol. The Bertz CT molecular complexity index is 912. The number of hydrogen-bond acceptors (Lipinski definition) is 3. The lowest BCUT2D eigenvalue weighted by molar-refractivity contribution is -0.137. The molecule has 24 heavy (non-hydrogen) atoms. The number of alkyl halides is 3. The molecular formula is C18H10F3NO2. The number of halogens is 3. The fourth-order valence-corrected chi connectivity index (χ4v) is 2.17. The molecule has 3 aromatic rings. The Morgan fingerprint density at radius 2 is 1.92 bits per heavy atom. The minimum atomic E-state index is -4.42. The van der Waals surface area contributed by atoms with E-state index in [-0.39, 0.29) is 11.3 Å². The van der Waals surface area contributed by atoms with Gasteiger partial charge in [-0.15, -0.1) is 0 Å². The third-order valence-electron chi connectivity index (χ3n) is 3.29. The van der Waals surface area contributed by atoms with Gasteiger partial charge in [0.05, 0.1) is 17.4 Å². The second-order valence-corrected chi connectivity index (χ2v) is 4.93. The third kappa shape index (κ3) is 3.25. The first-order valence-electron chi connectivity index (χ1n) is 6.90. The van der Waals surface area contributed by atoms with Crippen LogP contribution in [0.15, 0.2) is 63.6 Å². The maximum absolute atomic E-state index is 12.8. The van der Waals surface area contributed by atoms with Crippen LogP contribution in [0.3, 0.4) is 0 Å². The van der Waals surface area contributed by atoms with Gasteiger partial charge in [0, 0.05) is 11.6 Å². The van der Waals surface area contributed by atoms with E-state index in [1.807, 2.05) is 6.07 Å². The van der Waals surface area contributed by atoms with Crippen molar-refractivity contribution in [3.05, 3.63) is 71.9 Å². The average molecular weight is 329 g/mol. The smallest absolute Gasteiger partial charge is 0.416 e. The highest BCUT2D eigenvalue weighted by Gasteiger charge is 2.30. The SMILES string of the molecule is N#C/C(=C\c1ccc(-c2cccc(C(F)(F)F)c2)o1)c1ccco1. The number of nitriles is 1. The Morgan fingerprint density at radius 3 is 2.58 bits per heavy atom. The zero-order chi connectivity index (χ0) is 17.2. The molecule has 2 aromatic heterocycles. The van der Waals surface area contributed by atoms with Gasteiger partial charge in [-0.3, -0.25) is 0 Å². The van der Waals surface area contributed by atoms with Gasteiger partial charge in [0.2, 0.25) is 0 Å². The summed E-state index contributed by atoms with van der Waals surface area (Å²) in [5, 5.41) is 9.16. The highest BCUT2D eigenvalue weighted by Crippen LogP contribution is 2.33. The van der Waals surface area contributed by atoms with Crippen molar-refractivity contribution in [3.63, 3.8) is 0 Å². The quantitative estimate of drug-likeness (QED) is 0.586. The van der Waals surface area contributed by atoms with E-state index in [1.54, 1.807) is 24.3 Å². The fourth-order valence-electron chi connectivity index (χ4n) is 2.17. The first-order valence-corrected chi connectivity index (χ1v) is 6.90. The van der Waals surface area contributed by atoms with Gasteiger partial charge in [-0.2, -0.15) is 18.4 Å². The van der Waals surface area contributed by atoms with Gasteiger partial charge in [-0.25, -0.2) is 0 Å². The molecule has 0 atom stereocenters.